The van der Waals surface area contributed by atoms with Crippen LogP contribution in [0.1, 0.15) is 19.2 Å². The maximum absolute atomic E-state index is 12.5. The molecule has 1 aromatic heterocycles. The molecule has 3 rings (SSSR count). The van der Waals surface area contributed by atoms with Crippen LogP contribution in [0.4, 0.5) is 0 Å². The zero-order valence-corrected chi connectivity index (χ0v) is 15.3. The van der Waals surface area contributed by atoms with Crippen molar-refractivity contribution in [2.45, 2.75) is 19.9 Å². The average Bonchev–Trinajstić information content (AvgIpc) is 3.45. The molecule has 1 aromatic carbocycles. The molecule has 0 saturated heterocycles. The van der Waals surface area contributed by atoms with E-state index >= 15 is 0 Å². The molecular weight excluding hydrogens is 354 g/mol. The number of nitrogens with one attached hydrogen (secondary N) is 1. The van der Waals surface area contributed by atoms with Gasteiger partial charge in [0.15, 0.2) is 11.5 Å². The van der Waals surface area contributed by atoms with Crippen LogP contribution in [-0.2, 0) is 16.1 Å². The predicted octanol–water partition coefficient (Wildman–Crippen LogP) is 1.01. The second-order valence-electron chi connectivity index (χ2n) is 6.38. The average molecular weight is 375 g/mol. The van der Waals surface area contributed by atoms with Crippen LogP contribution in [0.15, 0.2) is 16.9 Å². The van der Waals surface area contributed by atoms with Gasteiger partial charge in [-0.1, -0.05) is 0 Å². The Morgan fingerprint density at radius 1 is 1.26 bits per heavy atom. The number of aromatic nitrogens is 2. The number of benzene rings is 1. The van der Waals surface area contributed by atoms with Gasteiger partial charge in [0.05, 0.1) is 43.5 Å². The number of hydrogen-bond acceptors (Lipinski definition) is 6. The van der Waals surface area contributed by atoms with Crippen molar-refractivity contribution < 1.29 is 24.2 Å². The number of carbonyl (C=O) groups is 2. The molecule has 2 aromatic rings. The minimum Gasteiger partial charge on any atom is -0.493 e. The number of carboxylic acids is 1. The van der Waals surface area contributed by atoms with Crippen LogP contribution in [0, 0.1) is 11.8 Å². The van der Waals surface area contributed by atoms with Crippen LogP contribution in [0.3, 0.4) is 0 Å². The number of hydrogen-bond donors (Lipinski definition) is 2. The van der Waals surface area contributed by atoms with Crippen LogP contribution in [0.5, 0.6) is 11.5 Å². The van der Waals surface area contributed by atoms with Crippen molar-refractivity contribution in [2.75, 3.05) is 20.8 Å². The van der Waals surface area contributed by atoms with E-state index in [2.05, 4.69) is 9.97 Å². The number of carboxylic acid groups (broad SMARTS) is 1. The van der Waals surface area contributed by atoms with Gasteiger partial charge < -0.3 is 24.5 Å². The van der Waals surface area contributed by atoms with Crippen molar-refractivity contribution in [1.82, 2.24) is 14.9 Å². The van der Waals surface area contributed by atoms with Crippen LogP contribution in [-0.4, -0.2) is 52.6 Å². The molecule has 0 aliphatic heterocycles. The number of amides is 1. The summed E-state index contributed by atoms with van der Waals surface area (Å²) in [6.07, 6.45) is 0.351. The molecule has 2 N–H and O–H groups in total. The molecule has 2 atom stereocenters. The first-order chi connectivity index (χ1) is 12.9. The molecule has 2 unspecified atom stereocenters. The van der Waals surface area contributed by atoms with E-state index in [1.807, 2.05) is 0 Å². The molecule has 1 aliphatic carbocycles. The third-order valence-electron chi connectivity index (χ3n) is 4.72. The second kappa shape index (κ2) is 7.26. The molecule has 9 heteroatoms. The zero-order valence-electron chi connectivity index (χ0n) is 15.3. The highest BCUT2D eigenvalue weighted by molar-refractivity contribution is 5.89. The van der Waals surface area contributed by atoms with Crippen LogP contribution < -0.4 is 15.0 Å². The van der Waals surface area contributed by atoms with Crippen molar-refractivity contribution in [3.8, 4) is 11.5 Å². The molecule has 1 heterocycles. The van der Waals surface area contributed by atoms with E-state index in [0.717, 1.165) is 0 Å². The van der Waals surface area contributed by atoms with Crippen molar-refractivity contribution in [2.24, 2.45) is 11.8 Å². The molecular formula is C18H21N3O6. The number of ether oxygens (including phenoxy) is 2. The van der Waals surface area contributed by atoms with Crippen LogP contribution >= 0.6 is 0 Å². The topological polar surface area (TPSA) is 122 Å². The first-order valence-corrected chi connectivity index (χ1v) is 8.56. The Bertz CT molecular complexity index is 954. The molecule has 0 bridgehead atoms. The Kier molecular flexibility index (Phi) is 5.02. The van der Waals surface area contributed by atoms with E-state index in [1.165, 1.54) is 19.1 Å². The monoisotopic (exact) mass is 375 g/mol. The number of aromatic amines is 1. The highest BCUT2D eigenvalue weighted by atomic mass is 16.5. The lowest BCUT2D eigenvalue weighted by Gasteiger charge is -2.20. The Morgan fingerprint density at radius 3 is 2.48 bits per heavy atom. The summed E-state index contributed by atoms with van der Waals surface area (Å²) in [7, 11) is 2.97. The summed E-state index contributed by atoms with van der Waals surface area (Å²) in [6.45, 7) is 2.27. The van der Waals surface area contributed by atoms with Gasteiger partial charge in [-0.15, -0.1) is 0 Å². The fourth-order valence-electron chi connectivity index (χ4n) is 3.09. The maximum Gasteiger partial charge on any atom is 0.307 e. The number of methoxy groups -OCH3 is 2. The molecule has 1 aliphatic rings. The third kappa shape index (κ3) is 3.57. The molecule has 1 fully saturated rings. The molecule has 0 radical (unpaired) electrons. The summed E-state index contributed by atoms with van der Waals surface area (Å²) < 4.78 is 10.4. The molecule has 9 nitrogen and oxygen atoms in total. The predicted molar refractivity (Wildman–Crippen MR) is 95.8 cm³/mol. The van der Waals surface area contributed by atoms with Gasteiger partial charge in [-0.05, 0) is 19.4 Å². The van der Waals surface area contributed by atoms with E-state index in [4.69, 9.17) is 14.6 Å². The number of aliphatic carboxylic acids is 1. The highest BCUT2D eigenvalue weighted by Crippen LogP contribution is 2.40. The molecule has 0 spiro atoms. The zero-order chi connectivity index (χ0) is 19.7. The normalized spacial score (nSPS) is 18.2. The highest BCUT2D eigenvalue weighted by Gasteiger charge is 2.49. The summed E-state index contributed by atoms with van der Waals surface area (Å²) in [4.78, 5) is 44.5. The number of carbonyl (C=O) groups excluding carboxylic acids is 1. The summed E-state index contributed by atoms with van der Waals surface area (Å²) in [6, 6.07) is 3.15. The van der Waals surface area contributed by atoms with Gasteiger partial charge in [0.2, 0.25) is 5.91 Å². The fraction of sp³-hybridized carbons (Fsp3) is 0.444. The van der Waals surface area contributed by atoms with Gasteiger partial charge in [-0.2, -0.15) is 0 Å². The van der Waals surface area contributed by atoms with E-state index in [9.17, 15) is 14.4 Å². The number of rotatable bonds is 7. The van der Waals surface area contributed by atoms with Gasteiger partial charge in [0.1, 0.15) is 5.82 Å². The van der Waals surface area contributed by atoms with E-state index in [-0.39, 0.29) is 18.0 Å². The van der Waals surface area contributed by atoms with Gasteiger partial charge in [-0.25, -0.2) is 4.98 Å². The van der Waals surface area contributed by atoms with Crippen molar-refractivity contribution >= 4 is 22.8 Å². The van der Waals surface area contributed by atoms with E-state index in [0.29, 0.717) is 41.2 Å². The Morgan fingerprint density at radius 2 is 1.93 bits per heavy atom. The first kappa shape index (κ1) is 18.7. The summed E-state index contributed by atoms with van der Waals surface area (Å²) in [5.41, 5.74) is 0.0685. The summed E-state index contributed by atoms with van der Waals surface area (Å²) in [5.74, 6) is -1.13. The standard InChI is InChI=1S/C18H21N3O6/c1-4-21(17(23)9-5-10(9)18(24)25)8-15-19-12-7-14(27-3)13(26-2)6-11(12)16(22)20-15/h6-7,9-10H,4-5,8H2,1-3H3,(H,24,25)(H,19,20,22). The lowest BCUT2D eigenvalue weighted by atomic mass is 10.2. The number of fused-ring (bicyclic) bond motifs is 1. The van der Waals surface area contributed by atoms with Gasteiger partial charge >= 0.3 is 5.97 Å². The Balaban J connectivity index is 1.89. The van der Waals surface area contributed by atoms with Gasteiger partial charge in [0, 0.05) is 12.6 Å². The minimum atomic E-state index is -0.956. The number of nitrogens with zero attached hydrogens (tertiary/aromatic N) is 2. The van der Waals surface area contributed by atoms with E-state index < -0.39 is 17.8 Å². The first-order valence-electron chi connectivity index (χ1n) is 8.56. The lowest BCUT2D eigenvalue weighted by Crippen LogP contribution is -2.33. The second-order valence-corrected chi connectivity index (χ2v) is 6.38. The van der Waals surface area contributed by atoms with Gasteiger partial charge in [0.25, 0.3) is 5.56 Å². The Hall–Kier alpha value is -3.10. The largest absolute Gasteiger partial charge is 0.493 e. The van der Waals surface area contributed by atoms with Crippen LogP contribution in [0.25, 0.3) is 10.9 Å². The van der Waals surface area contributed by atoms with Crippen molar-refractivity contribution in [3.05, 3.63) is 28.3 Å². The lowest BCUT2D eigenvalue weighted by molar-refractivity contribution is -0.142. The van der Waals surface area contributed by atoms with Crippen LogP contribution in [0.2, 0.25) is 0 Å². The SMILES string of the molecule is CCN(Cc1nc2cc(OC)c(OC)cc2c(=O)[nH]1)C(=O)C1CC1C(=O)O. The summed E-state index contributed by atoms with van der Waals surface area (Å²) in [5, 5.41) is 9.36. The minimum absolute atomic E-state index is 0.0949. The number of H-pyrrole nitrogens is 1. The summed E-state index contributed by atoms with van der Waals surface area (Å²) >= 11 is 0. The van der Waals surface area contributed by atoms with Crippen molar-refractivity contribution in [1.29, 1.82) is 0 Å². The molecule has 1 amide bonds. The third-order valence-corrected chi connectivity index (χ3v) is 4.72. The molecule has 144 valence electrons. The quantitative estimate of drug-likeness (QED) is 0.740. The van der Waals surface area contributed by atoms with E-state index in [1.54, 1.807) is 19.1 Å². The Labute approximate surface area is 154 Å². The van der Waals surface area contributed by atoms with Gasteiger partial charge in [-0.3, -0.25) is 14.4 Å². The van der Waals surface area contributed by atoms with Crippen molar-refractivity contribution in [3.63, 3.8) is 0 Å². The smallest absolute Gasteiger partial charge is 0.307 e. The molecule has 1 saturated carbocycles. The maximum atomic E-state index is 12.5. The molecule has 27 heavy (non-hydrogen) atoms. The fourth-order valence-corrected chi connectivity index (χ4v) is 3.09.